The van der Waals surface area contributed by atoms with Crippen molar-refractivity contribution in [2.75, 3.05) is 5.32 Å². The molecule has 114 valence electrons. The molecule has 7 heteroatoms. The van der Waals surface area contributed by atoms with Crippen LogP contribution in [0.25, 0.3) is 5.69 Å². The van der Waals surface area contributed by atoms with E-state index in [-0.39, 0.29) is 5.91 Å². The van der Waals surface area contributed by atoms with Crippen LogP contribution in [0.2, 0.25) is 0 Å². The summed E-state index contributed by atoms with van der Waals surface area (Å²) in [5.41, 5.74) is 3.19. The van der Waals surface area contributed by atoms with Gasteiger partial charge in [-0.05, 0) is 32.0 Å². The van der Waals surface area contributed by atoms with E-state index in [1.165, 1.54) is 0 Å². The molecule has 0 radical (unpaired) electrons. The van der Waals surface area contributed by atoms with Gasteiger partial charge in [0.1, 0.15) is 5.92 Å². The first-order chi connectivity index (χ1) is 10.5. The molecule has 0 unspecified atom stereocenters. The van der Waals surface area contributed by atoms with Gasteiger partial charge in [-0.15, -0.1) is 0 Å². The molecule has 1 aromatic carbocycles. The van der Waals surface area contributed by atoms with Crippen molar-refractivity contribution in [2.24, 2.45) is 5.92 Å². The van der Waals surface area contributed by atoms with Crippen molar-refractivity contribution in [1.29, 1.82) is 0 Å². The quantitative estimate of drug-likeness (QED) is 0.691. The van der Waals surface area contributed by atoms with Crippen LogP contribution >= 0.6 is 0 Å². The number of carbonyl (C=O) groups is 1. The van der Waals surface area contributed by atoms with E-state index in [4.69, 9.17) is 0 Å². The van der Waals surface area contributed by atoms with Gasteiger partial charge in [0.15, 0.2) is 0 Å². The largest absolute Gasteiger partial charge is 0.324 e. The zero-order valence-electron chi connectivity index (χ0n) is 12.3. The number of benzene rings is 1. The second-order valence-electron chi connectivity index (χ2n) is 5.54. The molecule has 1 aliphatic rings. The Hall–Kier alpha value is -2.70. The van der Waals surface area contributed by atoms with Gasteiger partial charge in [0.25, 0.3) is 0 Å². The lowest BCUT2D eigenvalue weighted by Crippen LogP contribution is -2.19. The molecule has 1 N–H and O–H groups in total. The molecule has 0 saturated heterocycles. The SMILES string of the molecule is Cc1cc(C)n(-c2ccccc2NC(=O)[C@@H]2C[C@H]2[N+](=O)[O-])n1. The second-order valence-corrected chi connectivity index (χ2v) is 5.54. The van der Waals surface area contributed by atoms with Crippen LogP contribution in [0.4, 0.5) is 5.69 Å². The van der Waals surface area contributed by atoms with Crippen LogP contribution in [0.3, 0.4) is 0 Å². The number of rotatable bonds is 4. The van der Waals surface area contributed by atoms with Gasteiger partial charge in [-0.2, -0.15) is 5.10 Å². The number of aryl methyl sites for hydroxylation is 2. The first-order valence-electron chi connectivity index (χ1n) is 7.04. The van der Waals surface area contributed by atoms with Gasteiger partial charge in [0.05, 0.1) is 17.1 Å². The Morgan fingerprint density at radius 1 is 1.41 bits per heavy atom. The van der Waals surface area contributed by atoms with Gasteiger partial charge in [-0.1, -0.05) is 12.1 Å². The molecule has 2 atom stereocenters. The molecule has 1 fully saturated rings. The van der Waals surface area contributed by atoms with Crippen LogP contribution in [0.15, 0.2) is 30.3 Å². The number of hydrogen-bond donors (Lipinski definition) is 1. The highest BCUT2D eigenvalue weighted by molar-refractivity contribution is 5.96. The molecule has 0 spiro atoms. The molecule has 0 bridgehead atoms. The van der Waals surface area contributed by atoms with Crippen molar-refractivity contribution in [3.05, 3.63) is 51.8 Å². The summed E-state index contributed by atoms with van der Waals surface area (Å²) >= 11 is 0. The molecular weight excluding hydrogens is 284 g/mol. The molecule has 7 nitrogen and oxygen atoms in total. The van der Waals surface area contributed by atoms with Crippen LogP contribution in [-0.4, -0.2) is 26.7 Å². The highest BCUT2D eigenvalue weighted by Gasteiger charge is 2.53. The Morgan fingerprint density at radius 3 is 2.73 bits per heavy atom. The average molecular weight is 300 g/mol. The molecule has 1 amide bonds. The van der Waals surface area contributed by atoms with Gasteiger partial charge in [-0.25, -0.2) is 4.68 Å². The molecule has 1 heterocycles. The lowest BCUT2D eigenvalue weighted by atomic mass is 10.2. The maximum Gasteiger partial charge on any atom is 0.234 e. The average Bonchev–Trinajstić information content (AvgIpc) is 3.20. The highest BCUT2D eigenvalue weighted by atomic mass is 16.6. The number of para-hydroxylation sites is 2. The summed E-state index contributed by atoms with van der Waals surface area (Å²) in [6, 6.07) is 8.49. The maximum atomic E-state index is 12.1. The summed E-state index contributed by atoms with van der Waals surface area (Å²) < 4.78 is 1.75. The number of nitrogens with zero attached hydrogens (tertiary/aromatic N) is 3. The van der Waals surface area contributed by atoms with E-state index in [0.29, 0.717) is 12.1 Å². The van der Waals surface area contributed by atoms with E-state index < -0.39 is 16.9 Å². The summed E-state index contributed by atoms with van der Waals surface area (Å²) in [6.07, 6.45) is 0.306. The van der Waals surface area contributed by atoms with Crippen molar-refractivity contribution < 1.29 is 9.72 Å². The summed E-state index contributed by atoms with van der Waals surface area (Å²) in [4.78, 5) is 22.4. The molecular formula is C15H16N4O3. The van der Waals surface area contributed by atoms with E-state index >= 15 is 0 Å². The van der Waals surface area contributed by atoms with E-state index in [1.807, 2.05) is 38.1 Å². The van der Waals surface area contributed by atoms with E-state index in [9.17, 15) is 14.9 Å². The number of anilines is 1. The highest BCUT2D eigenvalue weighted by Crippen LogP contribution is 2.34. The summed E-state index contributed by atoms with van der Waals surface area (Å²) in [7, 11) is 0. The topological polar surface area (TPSA) is 90.1 Å². The van der Waals surface area contributed by atoms with Gasteiger partial charge >= 0.3 is 0 Å². The van der Waals surface area contributed by atoms with Crippen LogP contribution in [-0.2, 0) is 4.79 Å². The third-order valence-electron chi connectivity index (χ3n) is 3.76. The Labute approximate surface area is 127 Å². The monoisotopic (exact) mass is 300 g/mol. The van der Waals surface area contributed by atoms with Crippen LogP contribution < -0.4 is 5.32 Å². The van der Waals surface area contributed by atoms with Crippen molar-refractivity contribution in [1.82, 2.24) is 9.78 Å². The first kappa shape index (κ1) is 14.2. The Morgan fingerprint density at radius 2 is 2.14 bits per heavy atom. The van der Waals surface area contributed by atoms with Gasteiger partial charge < -0.3 is 5.32 Å². The van der Waals surface area contributed by atoms with E-state index in [0.717, 1.165) is 17.1 Å². The Bertz CT molecular complexity index is 753. The molecule has 1 aromatic heterocycles. The Kier molecular flexibility index (Phi) is 3.40. The third-order valence-corrected chi connectivity index (χ3v) is 3.76. The lowest BCUT2D eigenvalue weighted by Gasteiger charge is -2.12. The zero-order valence-corrected chi connectivity index (χ0v) is 12.3. The van der Waals surface area contributed by atoms with Crippen LogP contribution in [0.5, 0.6) is 0 Å². The molecule has 2 aromatic rings. The van der Waals surface area contributed by atoms with Crippen molar-refractivity contribution in [3.8, 4) is 5.69 Å². The summed E-state index contributed by atoms with van der Waals surface area (Å²) in [5.74, 6) is -0.848. The molecule has 0 aliphatic heterocycles. The standard InChI is InChI=1S/C15H16N4O3/c1-9-7-10(2)18(17-9)13-6-4-3-5-12(13)16-15(20)11-8-14(11)19(21)22/h3-7,11,14H,8H2,1-2H3,(H,16,20)/t11-,14-/m1/s1. The predicted octanol–water partition coefficient (Wildman–Crippen LogP) is 2.09. The molecule has 1 aliphatic carbocycles. The summed E-state index contributed by atoms with van der Waals surface area (Å²) in [5, 5.41) is 17.9. The van der Waals surface area contributed by atoms with Crippen molar-refractivity contribution in [2.45, 2.75) is 26.3 Å². The van der Waals surface area contributed by atoms with Gasteiger partial charge in [0, 0.05) is 17.0 Å². The number of hydrogen-bond acceptors (Lipinski definition) is 4. The predicted molar refractivity (Wildman–Crippen MR) is 80.6 cm³/mol. The fraction of sp³-hybridized carbons (Fsp3) is 0.333. The number of aromatic nitrogens is 2. The number of nitro groups is 1. The third kappa shape index (κ3) is 2.57. The molecule has 22 heavy (non-hydrogen) atoms. The minimum absolute atomic E-state index is 0.306. The smallest absolute Gasteiger partial charge is 0.234 e. The Balaban J connectivity index is 1.85. The molecule has 3 rings (SSSR count). The van der Waals surface area contributed by atoms with Crippen molar-refractivity contribution >= 4 is 11.6 Å². The number of carbonyl (C=O) groups excluding carboxylic acids is 1. The number of nitrogens with one attached hydrogen (secondary N) is 1. The van der Waals surface area contributed by atoms with Gasteiger partial charge in [-0.3, -0.25) is 14.9 Å². The number of amides is 1. The minimum Gasteiger partial charge on any atom is -0.324 e. The van der Waals surface area contributed by atoms with Crippen LogP contribution in [0.1, 0.15) is 17.8 Å². The molecule has 1 saturated carbocycles. The normalized spacial score (nSPS) is 19.7. The summed E-state index contributed by atoms with van der Waals surface area (Å²) in [6.45, 7) is 3.83. The fourth-order valence-electron chi connectivity index (χ4n) is 2.56. The first-order valence-corrected chi connectivity index (χ1v) is 7.04. The van der Waals surface area contributed by atoms with Crippen molar-refractivity contribution in [3.63, 3.8) is 0 Å². The second kappa shape index (κ2) is 5.25. The van der Waals surface area contributed by atoms with Gasteiger partial charge in [0.2, 0.25) is 11.9 Å². The minimum atomic E-state index is -0.749. The van der Waals surface area contributed by atoms with Crippen LogP contribution in [0, 0.1) is 29.9 Å². The van der Waals surface area contributed by atoms with E-state index in [2.05, 4.69) is 10.4 Å². The zero-order chi connectivity index (χ0) is 15.9. The van der Waals surface area contributed by atoms with E-state index in [1.54, 1.807) is 10.7 Å². The fourth-order valence-corrected chi connectivity index (χ4v) is 2.56. The lowest BCUT2D eigenvalue weighted by molar-refractivity contribution is -0.497. The maximum absolute atomic E-state index is 12.1.